The van der Waals surface area contributed by atoms with Gasteiger partial charge in [-0.15, -0.1) is 6.42 Å². The molecule has 0 amide bonds. The molecule has 92 valence electrons. The van der Waals surface area contributed by atoms with E-state index in [1.165, 1.54) is 0 Å². The SMILES string of the molecule is C#CCOC(=O)[C@@H]1C[C@@]2(C)CCCC[C@H]2C1=O. The van der Waals surface area contributed by atoms with Crippen LogP contribution in [0.25, 0.3) is 0 Å². The highest BCUT2D eigenvalue weighted by atomic mass is 16.5. The zero-order chi connectivity index (χ0) is 12.5. The Kier molecular flexibility index (Phi) is 3.24. The van der Waals surface area contributed by atoms with E-state index in [1.54, 1.807) is 0 Å². The molecule has 0 aromatic rings. The average molecular weight is 234 g/mol. The summed E-state index contributed by atoms with van der Waals surface area (Å²) in [5.41, 5.74) is 0.00909. The fraction of sp³-hybridized carbons (Fsp3) is 0.714. The monoisotopic (exact) mass is 234 g/mol. The van der Waals surface area contributed by atoms with Gasteiger partial charge >= 0.3 is 5.97 Å². The van der Waals surface area contributed by atoms with Gasteiger partial charge in [0.2, 0.25) is 0 Å². The fourth-order valence-corrected chi connectivity index (χ4v) is 3.35. The Morgan fingerprint density at radius 3 is 3.00 bits per heavy atom. The molecule has 2 aliphatic rings. The first-order chi connectivity index (χ1) is 8.08. The quantitative estimate of drug-likeness (QED) is 0.416. The Balaban J connectivity index is 2.09. The first-order valence-corrected chi connectivity index (χ1v) is 6.22. The Bertz CT molecular complexity index is 379. The summed E-state index contributed by atoms with van der Waals surface area (Å²) in [5, 5.41) is 0. The molecule has 2 fully saturated rings. The van der Waals surface area contributed by atoms with Gasteiger partial charge in [-0.3, -0.25) is 9.59 Å². The van der Waals surface area contributed by atoms with Crippen LogP contribution in [-0.4, -0.2) is 18.4 Å². The summed E-state index contributed by atoms with van der Waals surface area (Å²) in [6.07, 6.45) is 9.90. The summed E-state index contributed by atoms with van der Waals surface area (Å²) >= 11 is 0. The lowest BCUT2D eigenvalue weighted by molar-refractivity contribution is -0.150. The zero-order valence-corrected chi connectivity index (χ0v) is 10.2. The van der Waals surface area contributed by atoms with Crippen LogP contribution in [-0.2, 0) is 14.3 Å². The van der Waals surface area contributed by atoms with Gasteiger partial charge in [-0.05, 0) is 24.7 Å². The molecule has 2 aliphatic carbocycles. The van der Waals surface area contributed by atoms with Crippen molar-refractivity contribution in [2.45, 2.75) is 39.0 Å². The number of hydrogen-bond donors (Lipinski definition) is 0. The van der Waals surface area contributed by atoms with Gasteiger partial charge in [-0.2, -0.15) is 0 Å². The molecule has 0 spiro atoms. The Hall–Kier alpha value is -1.30. The standard InChI is InChI=1S/C14H18O3/c1-3-8-17-13(16)10-9-14(2)7-5-4-6-11(14)12(10)15/h1,10-11H,4-9H2,2H3/t10-,11+,14-/m1/s1. The molecule has 2 saturated carbocycles. The number of terminal acetylenes is 1. The van der Waals surface area contributed by atoms with Crippen LogP contribution in [0.3, 0.4) is 0 Å². The Labute approximate surface area is 102 Å². The maximum atomic E-state index is 12.2. The van der Waals surface area contributed by atoms with Gasteiger partial charge in [0.05, 0.1) is 0 Å². The molecule has 2 rings (SSSR count). The number of carbonyl (C=O) groups excluding carboxylic acids is 2. The van der Waals surface area contributed by atoms with Crippen molar-refractivity contribution in [3.63, 3.8) is 0 Å². The highest BCUT2D eigenvalue weighted by Gasteiger charge is 2.53. The minimum atomic E-state index is -0.573. The highest BCUT2D eigenvalue weighted by Crippen LogP contribution is 2.52. The molecule has 3 nitrogen and oxygen atoms in total. The van der Waals surface area contributed by atoms with Gasteiger partial charge in [0.15, 0.2) is 12.4 Å². The molecule has 17 heavy (non-hydrogen) atoms. The van der Waals surface area contributed by atoms with E-state index in [1.807, 2.05) is 0 Å². The molecule has 0 aromatic carbocycles. The Morgan fingerprint density at radius 1 is 1.59 bits per heavy atom. The molecule has 0 heterocycles. The second-order valence-electron chi connectivity index (χ2n) is 5.42. The van der Waals surface area contributed by atoms with E-state index in [2.05, 4.69) is 12.8 Å². The number of carbonyl (C=O) groups is 2. The van der Waals surface area contributed by atoms with Crippen molar-refractivity contribution in [2.24, 2.45) is 17.3 Å². The summed E-state index contributed by atoms with van der Waals surface area (Å²) in [6, 6.07) is 0. The predicted molar refractivity (Wildman–Crippen MR) is 63.0 cm³/mol. The van der Waals surface area contributed by atoms with E-state index < -0.39 is 11.9 Å². The van der Waals surface area contributed by atoms with E-state index in [9.17, 15) is 9.59 Å². The summed E-state index contributed by atoms with van der Waals surface area (Å²) in [5.74, 6) is 1.39. The average Bonchev–Trinajstić information content (AvgIpc) is 2.59. The van der Waals surface area contributed by atoms with Crippen LogP contribution in [0.4, 0.5) is 0 Å². The second-order valence-corrected chi connectivity index (χ2v) is 5.42. The minimum absolute atomic E-state index is 0.00909. The van der Waals surface area contributed by atoms with Gasteiger partial charge in [0.1, 0.15) is 5.92 Å². The maximum absolute atomic E-state index is 12.2. The third-order valence-electron chi connectivity index (χ3n) is 4.27. The number of esters is 1. The normalized spacial score (nSPS) is 36.1. The van der Waals surface area contributed by atoms with Crippen molar-refractivity contribution >= 4 is 11.8 Å². The summed E-state index contributed by atoms with van der Waals surface area (Å²) in [4.78, 5) is 24.0. The molecule has 0 aromatic heterocycles. The molecule has 0 bridgehead atoms. The largest absolute Gasteiger partial charge is 0.452 e. The van der Waals surface area contributed by atoms with Crippen molar-refractivity contribution in [3.05, 3.63) is 0 Å². The number of rotatable bonds is 2. The van der Waals surface area contributed by atoms with Crippen LogP contribution in [0.1, 0.15) is 39.0 Å². The third kappa shape index (κ3) is 2.09. The third-order valence-corrected chi connectivity index (χ3v) is 4.27. The van der Waals surface area contributed by atoms with E-state index in [0.29, 0.717) is 6.42 Å². The van der Waals surface area contributed by atoms with Gasteiger partial charge < -0.3 is 4.74 Å². The summed E-state index contributed by atoms with van der Waals surface area (Å²) in [7, 11) is 0. The zero-order valence-electron chi connectivity index (χ0n) is 10.2. The number of ether oxygens (including phenoxy) is 1. The highest BCUT2D eigenvalue weighted by molar-refractivity contribution is 6.02. The first-order valence-electron chi connectivity index (χ1n) is 6.22. The number of ketones is 1. The predicted octanol–water partition coefficient (Wildman–Crippen LogP) is 1.95. The van der Waals surface area contributed by atoms with Crippen molar-refractivity contribution in [2.75, 3.05) is 6.61 Å². The topological polar surface area (TPSA) is 43.4 Å². The van der Waals surface area contributed by atoms with Gasteiger partial charge in [0.25, 0.3) is 0 Å². The van der Waals surface area contributed by atoms with E-state index in [4.69, 9.17) is 11.2 Å². The molecule has 0 saturated heterocycles. The number of fused-ring (bicyclic) bond motifs is 1. The van der Waals surface area contributed by atoms with Crippen LogP contribution in [0.5, 0.6) is 0 Å². The van der Waals surface area contributed by atoms with Crippen LogP contribution in [0.15, 0.2) is 0 Å². The summed E-state index contributed by atoms with van der Waals surface area (Å²) in [6.45, 7) is 2.09. The van der Waals surface area contributed by atoms with Crippen LogP contribution in [0.2, 0.25) is 0 Å². The molecular weight excluding hydrogens is 216 g/mol. The van der Waals surface area contributed by atoms with Crippen LogP contribution >= 0.6 is 0 Å². The van der Waals surface area contributed by atoms with Gasteiger partial charge in [0, 0.05) is 5.92 Å². The molecule has 3 heteroatoms. The number of Topliss-reactive ketones (excluding diaryl/α,β-unsaturated/α-hetero) is 1. The van der Waals surface area contributed by atoms with Crippen molar-refractivity contribution in [1.82, 2.24) is 0 Å². The van der Waals surface area contributed by atoms with Crippen molar-refractivity contribution in [1.29, 1.82) is 0 Å². The van der Waals surface area contributed by atoms with E-state index in [0.717, 1.165) is 25.7 Å². The molecule has 0 aliphatic heterocycles. The second kappa shape index (κ2) is 4.52. The van der Waals surface area contributed by atoms with E-state index >= 15 is 0 Å². The lowest BCUT2D eigenvalue weighted by Crippen LogP contribution is -2.29. The minimum Gasteiger partial charge on any atom is -0.452 e. The molecule has 0 unspecified atom stereocenters. The molecule has 0 radical (unpaired) electrons. The van der Waals surface area contributed by atoms with Crippen molar-refractivity contribution in [3.8, 4) is 12.3 Å². The maximum Gasteiger partial charge on any atom is 0.317 e. The van der Waals surface area contributed by atoms with Gasteiger partial charge in [-0.25, -0.2) is 0 Å². The molecule has 0 N–H and O–H groups in total. The van der Waals surface area contributed by atoms with Crippen LogP contribution < -0.4 is 0 Å². The lowest BCUT2D eigenvalue weighted by atomic mass is 9.69. The fourth-order valence-electron chi connectivity index (χ4n) is 3.35. The summed E-state index contributed by atoms with van der Waals surface area (Å²) < 4.78 is 4.90. The molecule has 3 atom stereocenters. The van der Waals surface area contributed by atoms with Crippen LogP contribution in [0, 0.1) is 29.6 Å². The smallest absolute Gasteiger partial charge is 0.317 e. The first kappa shape index (κ1) is 12.2. The van der Waals surface area contributed by atoms with Crippen molar-refractivity contribution < 1.29 is 14.3 Å². The number of hydrogen-bond acceptors (Lipinski definition) is 3. The lowest BCUT2D eigenvalue weighted by Gasteiger charge is -2.34. The van der Waals surface area contributed by atoms with Gasteiger partial charge in [-0.1, -0.05) is 25.7 Å². The van der Waals surface area contributed by atoms with E-state index in [-0.39, 0.29) is 23.7 Å². The Morgan fingerprint density at radius 2 is 2.35 bits per heavy atom. The molecular formula is C14H18O3.